The zero-order valence-corrected chi connectivity index (χ0v) is 19.0. The van der Waals surface area contributed by atoms with Gasteiger partial charge in [0, 0.05) is 31.6 Å². The normalized spacial score (nSPS) is 19.6. The van der Waals surface area contributed by atoms with Crippen molar-refractivity contribution in [2.75, 3.05) is 33.7 Å². The van der Waals surface area contributed by atoms with E-state index in [0.717, 1.165) is 35.4 Å². The van der Waals surface area contributed by atoms with Gasteiger partial charge in [-0.15, -0.1) is 0 Å². The van der Waals surface area contributed by atoms with Crippen molar-refractivity contribution in [2.45, 2.75) is 39.2 Å². The number of fused-ring (bicyclic) bond motifs is 1. The number of esters is 1. The number of piperidine rings is 1. The van der Waals surface area contributed by atoms with Gasteiger partial charge in [-0.3, -0.25) is 14.4 Å². The standard InChI is InChI=1S/C22H28N4O3.CH2O2/c1-14-15(2)24-19-11-16(5-6-18(19)23-14)20(27)26-9-7-22(8-10-26)12-17(13-25(3)4)29-21(22)28;2-1-3/h5-6,11,17H,7-10,12-13H2,1-4H3;1H,(H,2,3). The Morgan fingerprint density at radius 1 is 1.22 bits per heavy atom. The number of amides is 1. The topological polar surface area (TPSA) is 113 Å². The first-order valence-electron chi connectivity index (χ1n) is 10.7. The van der Waals surface area contributed by atoms with E-state index in [-0.39, 0.29) is 24.5 Å². The molecule has 2 aliphatic rings. The van der Waals surface area contributed by atoms with Crippen LogP contribution in [-0.2, 0) is 14.3 Å². The summed E-state index contributed by atoms with van der Waals surface area (Å²) in [5.74, 6) is -0.110. The molecule has 2 fully saturated rings. The fraction of sp³-hybridized carbons (Fsp3) is 0.522. The minimum atomic E-state index is -0.430. The quantitative estimate of drug-likeness (QED) is 0.568. The number of hydrogen-bond acceptors (Lipinski definition) is 7. The SMILES string of the molecule is Cc1nc2ccc(C(=O)N3CCC4(CC3)CC(CN(C)C)OC4=O)cc2nc1C.O=CO. The first-order valence-corrected chi connectivity index (χ1v) is 10.7. The van der Waals surface area contributed by atoms with Gasteiger partial charge in [-0.25, -0.2) is 9.97 Å². The van der Waals surface area contributed by atoms with Crippen molar-refractivity contribution in [1.82, 2.24) is 19.8 Å². The Hall–Kier alpha value is -3.07. The largest absolute Gasteiger partial charge is 0.483 e. The van der Waals surface area contributed by atoms with Crippen LogP contribution in [0, 0.1) is 19.3 Å². The van der Waals surface area contributed by atoms with E-state index in [1.807, 2.05) is 55.9 Å². The number of nitrogens with zero attached hydrogens (tertiary/aromatic N) is 4. The molecule has 1 spiro atoms. The molecule has 1 aromatic carbocycles. The summed E-state index contributed by atoms with van der Waals surface area (Å²) in [6.07, 6.45) is 2.02. The zero-order valence-electron chi connectivity index (χ0n) is 19.0. The highest BCUT2D eigenvalue weighted by Crippen LogP contribution is 2.43. The molecular weight excluding hydrogens is 412 g/mol. The molecule has 0 bridgehead atoms. The van der Waals surface area contributed by atoms with Gasteiger partial charge >= 0.3 is 5.97 Å². The van der Waals surface area contributed by atoms with E-state index in [1.54, 1.807) is 0 Å². The third-order valence-electron chi connectivity index (χ3n) is 6.22. The molecule has 172 valence electrons. The molecule has 9 nitrogen and oxygen atoms in total. The molecule has 9 heteroatoms. The predicted octanol–water partition coefficient (Wildman–Crippen LogP) is 2.05. The lowest BCUT2D eigenvalue weighted by molar-refractivity contribution is -0.150. The van der Waals surface area contributed by atoms with E-state index in [4.69, 9.17) is 14.6 Å². The minimum absolute atomic E-state index is 0.0158. The number of benzene rings is 1. The lowest BCUT2D eigenvalue weighted by Crippen LogP contribution is -2.45. The van der Waals surface area contributed by atoms with Crippen LogP contribution in [0.5, 0.6) is 0 Å². The number of carbonyl (C=O) groups is 3. The van der Waals surface area contributed by atoms with Crippen LogP contribution in [-0.4, -0.2) is 83.1 Å². The highest BCUT2D eigenvalue weighted by Gasteiger charge is 2.50. The molecule has 0 saturated carbocycles. The molecule has 1 amide bonds. The second-order valence-electron chi connectivity index (χ2n) is 8.77. The Morgan fingerprint density at radius 3 is 2.41 bits per heavy atom. The molecule has 4 rings (SSSR count). The van der Waals surface area contributed by atoms with Gasteiger partial charge in [0.15, 0.2) is 0 Å². The second-order valence-corrected chi connectivity index (χ2v) is 8.77. The fourth-order valence-electron chi connectivity index (χ4n) is 4.44. The van der Waals surface area contributed by atoms with Gasteiger partial charge in [-0.1, -0.05) is 0 Å². The number of ether oxygens (including phenoxy) is 1. The van der Waals surface area contributed by atoms with Crippen LogP contribution in [0.25, 0.3) is 11.0 Å². The molecule has 2 aromatic rings. The predicted molar refractivity (Wildman–Crippen MR) is 118 cm³/mol. The number of hydrogen-bond donors (Lipinski definition) is 1. The highest BCUT2D eigenvalue weighted by molar-refractivity contribution is 5.97. The number of likely N-dealkylation sites (N-methyl/N-ethyl adjacent to an activating group) is 1. The number of aromatic nitrogens is 2. The van der Waals surface area contributed by atoms with Crippen LogP contribution in [0.3, 0.4) is 0 Å². The third-order valence-corrected chi connectivity index (χ3v) is 6.22. The maximum atomic E-state index is 13.0. The fourth-order valence-corrected chi connectivity index (χ4v) is 4.44. The van der Waals surface area contributed by atoms with Crippen LogP contribution < -0.4 is 0 Å². The minimum Gasteiger partial charge on any atom is -0.483 e. The van der Waals surface area contributed by atoms with Crippen LogP contribution in [0.15, 0.2) is 18.2 Å². The molecule has 2 aliphatic heterocycles. The Kier molecular flexibility index (Phi) is 7.08. The highest BCUT2D eigenvalue weighted by atomic mass is 16.6. The van der Waals surface area contributed by atoms with Crippen molar-refractivity contribution in [1.29, 1.82) is 0 Å². The van der Waals surface area contributed by atoms with Crippen LogP contribution >= 0.6 is 0 Å². The monoisotopic (exact) mass is 442 g/mol. The summed E-state index contributed by atoms with van der Waals surface area (Å²) in [7, 11) is 3.97. The number of cyclic esters (lactones) is 1. The van der Waals surface area contributed by atoms with Crippen molar-refractivity contribution in [3.05, 3.63) is 35.2 Å². The van der Waals surface area contributed by atoms with Crippen LogP contribution in [0.2, 0.25) is 0 Å². The zero-order chi connectivity index (χ0) is 23.5. The maximum absolute atomic E-state index is 13.0. The van der Waals surface area contributed by atoms with Gasteiger partial charge in [0.05, 0.1) is 27.8 Å². The molecule has 3 heterocycles. The lowest BCUT2D eigenvalue weighted by atomic mass is 9.76. The molecule has 1 atom stereocenters. The van der Waals surface area contributed by atoms with Crippen molar-refractivity contribution in [2.24, 2.45) is 5.41 Å². The summed E-state index contributed by atoms with van der Waals surface area (Å²) >= 11 is 0. The van der Waals surface area contributed by atoms with E-state index in [2.05, 4.69) is 9.97 Å². The number of aryl methyl sites for hydroxylation is 2. The van der Waals surface area contributed by atoms with Gasteiger partial charge in [0.1, 0.15) is 6.10 Å². The molecule has 1 N–H and O–H groups in total. The Balaban J connectivity index is 0.000000913. The lowest BCUT2D eigenvalue weighted by Gasteiger charge is -2.36. The second kappa shape index (κ2) is 9.60. The molecule has 32 heavy (non-hydrogen) atoms. The Bertz CT molecular complexity index is 1010. The molecule has 1 unspecified atom stereocenters. The average Bonchev–Trinajstić information content (AvgIpc) is 3.02. The number of carboxylic acid groups (broad SMARTS) is 1. The summed E-state index contributed by atoms with van der Waals surface area (Å²) in [6.45, 7) is 5.48. The third kappa shape index (κ3) is 4.88. The van der Waals surface area contributed by atoms with Gasteiger partial charge in [-0.05, 0) is 59.0 Å². The van der Waals surface area contributed by atoms with Gasteiger partial charge in [-0.2, -0.15) is 0 Å². The molecular formula is C23H30N4O5. The first kappa shape index (κ1) is 23.6. The first-order chi connectivity index (χ1) is 15.2. The summed E-state index contributed by atoms with van der Waals surface area (Å²) in [6, 6.07) is 5.49. The van der Waals surface area contributed by atoms with Crippen molar-refractivity contribution in [3.63, 3.8) is 0 Å². The van der Waals surface area contributed by atoms with E-state index in [9.17, 15) is 9.59 Å². The number of carbonyl (C=O) groups excluding carboxylic acids is 2. The van der Waals surface area contributed by atoms with Crippen molar-refractivity contribution < 1.29 is 24.2 Å². The summed E-state index contributed by atoms with van der Waals surface area (Å²) < 4.78 is 5.62. The molecule has 2 saturated heterocycles. The van der Waals surface area contributed by atoms with Gasteiger partial charge in [0.2, 0.25) is 0 Å². The smallest absolute Gasteiger partial charge is 0.312 e. The summed E-state index contributed by atoms with van der Waals surface area (Å²) in [4.78, 5) is 46.9. The van der Waals surface area contributed by atoms with E-state index in [1.165, 1.54) is 0 Å². The molecule has 1 aromatic heterocycles. The van der Waals surface area contributed by atoms with E-state index < -0.39 is 5.41 Å². The Labute approximate surface area is 187 Å². The van der Waals surface area contributed by atoms with E-state index in [0.29, 0.717) is 31.5 Å². The average molecular weight is 443 g/mol. The molecule has 0 radical (unpaired) electrons. The summed E-state index contributed by atoms with van der Waals surface area (Å²) in [5.41, 5.74) is 3.48. The van der Waals surface area contributed by atoms with Crippen LogP contribution in [0.1, 0.15) is 41.0 Å². The Morgan fingerprint density at radius 2 is 1.81 bits per heavy atom. The van der Waals surface area contributed by atoms with Crippen molar-refractivity contribution in [3.8, 4) is 0 Å². The number of rotatable bonds is 3. The van der Waals surface area contributed by atoms with Gasteiger partial charge in [0.25, 0.3) is 12.4 Å². The molecule has 0 aliphatic carbocycles. The van der Waals surface area contributed by atoms with Gasteiger partial charge < -0.3 is 19.6 Å². The summed E-state index contributed by atoms with van der Waals surface area (Å²) in [5, 5.41) is 6.89. The number of likely N-dealkylation sites (tertiary alicyclic amines) is 1. The van der Waals surface area contributed by atoms with Crippen LogP contribution in [0.4, 0.5) is 0 Å². The van der Waals surface area contributed by atoms with E-state index >= 15 is 0 Å². The van der Waals surface area contributed by atoms with Crippen molar-refractivity contribution >= 4 is 29.4 Å². The maximum Gasteiger partial charge on any atom is 0.312 e.